The van der Waals surface area contributed by atoms with Crippen LogP contribution in [0.5, 0.6) is 0 Å². The minimum atomic E-state index is -10.7. The Kier molecular flexibility index (Phi) is 22.3. The molecule has 12 heteroatoms. The van der Waals surface area contributed by atoms with Gasteiger partial charge in [0, 0.05) is 19.5 Å². The summed E-state index contributed by atoms with van der Waals surface area (Å²) in [5.74, 6) is 0. The smallest absolute Gasteiger partial charge is 0 e. The van der Waals surface area contributed by atoms with Crippen molar-refractivity contribution in [2.45, 2.75) is 25.7 Å². The van der Waals surface area contributed by atoms with Crippen LogP contribution in [0, 0.1) is 0 Å². The number of hydrogen-bond acceptors (Lipinski definition) is 0. The Morgan fingerprint density at radius 2 is 0.456 bits per heavy atom. The molecule has 0 nitrogen and oxygen atoms in total. The first-order chi connectivity index (χ1) is 26.8. The van der Waals surface area contributed by atoms with E-state index in [0.29, 0.717) is 0 Å². The average molecular weight is 966 g/mol. The summed E-state index contributed by atoms with van der Waals surface area (Å²) in [5.41, 5.74) is 0. The van der Waals surface area contributed by atoms with Crippen LogP contribution in [0.15, 0.2) is 206 Å². The molecule has 0 saturated carbocycles. The zero-order valence-electron chi connectivity index (χ0n) is 30.9. The standard InChI is InChI=1S/2C18H15P.C8H12.CH2Cl2.F6P.Rh/c2*1-4-10-16(11-5-1)19(17-12-6-2-7-13-17)18-14-8-3-9-15-18;1-2-4-6-8-7-5-3-1;2-1-3;1-7(2,3,4,5)6;/h2*1-15H;1-2,7-8H,3-6H2;1H2;;/q;;;;-1;. The molecule has 0 spiro atoms. The van der Waals surface area contributed by atoms with E-state index < -0.39 is 23.7 Å². The molecule has 6 aromatic rings. The number of halogens is 8. The number of rotatable bonds is 6. The van der Waals surface area contributed by atoms with E-state index in [4.69, 9.17) is 23.2 Å². The van der Waals surface area contributed by atoms with Gasteiger partial charge >= 0.3 is 33.0 Å². The molecule has 0 heterocycles. The largest absolute Gasteiger partial charge is 0.0622 e. The van der Waals surface area contributed by atoms with Crippen LogP contribution in [0.3, 0.4) is 0 Å². The zero-order valence-corrected chi connectivity index (χ0v) is 36.7. The topological polar surface area (TPSA) is 0 Å². The Hall–Kier alpha value is -3.13. The molecule has 0 aromatic heterocycles. The van der Waals surface area contributed by atoms with Gasteiger partial charge in [0.25, 0.3) is 0 Å². The number of hydrogen-bond donors (Lipinski definition) is 0. The zero-order chi connectivity index (χ0) is 40.6. The van der Waals surface area contributed by atoms with Crippen molar-refractivity contribution in [3.8, 4) is 0 Å². The van der Waals surface area contributed by atoms with Gasteiger partial charge in [-0.1, -0.05) is 206 Å². The first kappa shape index (κ1) is 50.0. The first-order valence-electron chi connectivity index (χ1n) is 17.7. The van der Waals surface area contributed by atoms with Gasteiger partial charge in [-0.15, -0.1) is 23.2 Å². The van der Waals surface area contributed by atoms with Crippen molar-refractivity contribution < 1.29 is 44.7 Å². The summed E-state index contributed by atoms with van der Waals surface area (Å²) < 4.78 is 59.2. The van der Waals surface area contributed by atoms with Gasteiger partial charge in [-0.2, -0.15) is 0 Å². The van der Waals surface area contributed by atoms with Crippen LogP contribution in [0.25, 0.3) is 0 Å². The number of benzene rings is 6. The normalized spacial score (nSPS) is 13.0. The van der Waals surface area contributed by atoms with E-state index in [2.05, 4.69) is 206 Å². The maximum absolute atomic E-state index is 10.7. The van der Waals surface area contributed by atoms with Crippen molar-refractivity contribution in [3.05, 3.63) is 206 Å². The van der Waals surface area contributed by atoms with Crippen molar-refractivity contribution >= 4 is 78.7 Å². The quantitative estimate of drug-likeness (QED) is 0.0513. The molecule has 7 rings (SSSR count). The molecule has 0 N–H and O–H groups in total. The van der Waals surface area contributed by atoms with Crippen molar-refractivity contribution in [1.29, 1.82) is 0 Å². The molecule has 0 saturated heterocycles. The summed E-state index contributed by atoms with van der Waals surface area (Å²) in [5, 5.41) is 8.58. The third-order valence-corrected chi connectivity index (χ3v) is 12.3. The molecule has 6 aromatic carbocycles. The fourth-order valence-corrected chi connectivity index (χ4v) is 9.82. The van der Waals surface area contributed by atoms with Crippen molar-refractivity contribution in [3.63, 3.8) is 0 Å². The fraction of sp³-hybridized carbons (Fsp3) is 0.111. The van der Waals surface area contributed by atoms with Gasteiger partial charge in [0.05, 0.1) is 5.34 Å². The third-order valence-electron chi connectivity index (χ3n) is 7.42. The van der Waals surface area contributed by atoms with E-state index in [9.17, 15) is 25.2 Å². The minimum Gasteiger partial charge on any atom is -0.0622 e. The van der Waals surface area contributed by atoms with Gasteiger partial charge in [-0.3, -0.25) is 0 Å². The summed E-state index contributed by atoms with van der Waals surface area (Å²) in [4.78, 5) is 0. The second-order valence-corrected chi connectivity index (χ2v) is 19.0. The second-order valence-electron chi connectivity index (χ2n) is 11.8. The predicted octanol–water partition coefficient (Wildman–Crippen LogP) is 14.4. The van der Waals surface area contributed by atoms with Crippen LogP contribution in [-0.2, 0) is 19.5 Å². The summed E-state index contributed by atoms with van der Waals surface area (Å²) in [6, 6.07) is 64.7. The van der Waals surface area contributed by atoms with Gasteiger partial charge in [0.15, 0.2) is 0 Å². The molecule has 0 atom stereocenters. The van der Waals surface area contributed by atoms with E-state index in [1.54, 1.807) is 0 Å². The Bertz CT molecular complexity index is 1640. The molecule has 305 valence electrons. The second kappa shape index (κ2) is 25.4. The maximum atomic E-state index is 9.87. The molecule has 1 radical (unpaired) electrons. The van der Waals surface area contributed by atoms with Crippen LogP contribution in [0.2, 0.25) is 0 Å². The van der Waals surface area contributed by atoms with Crippen LogP contribution >= 0.6 is 46.9 Å². The summed E-state index contributed by atoms with van der Waals surface area (Å²) >= 11 is 9.53. The molecule has 0 bridgehead atoms. The molecule has 0 aliphatic heterocycles. The van der Waals surface area contributed by atoms with Gasteiger partial charge < -0.3 is 0 Å². The first-order valence-corrected chi connectivity index (χ1v) is 23.4. The van der Waals surface area contributed by atoms with Crippen LogP contribution < -0.4 is 31.8 Å². The number of alkyl halides is 2. The predicted molar refractivity (Wildman–Crippen MR) is 237 cm³/mol. The minimum absolute atomic E-state index is 0. The molecular formula is C45H44Cl2F6P3Rh-. The Morgan fingerprint density at radius 3 is 0.579 bits per heavy atom. The fourth-order valence-electron chi connectivity index (χ4n) is 5.21. The third kappa shape index (κ3) is 23.2. The van der Waals surface area contributed by atoms with Crippen LogP contribution in [-0.4, -0.2) is 5.34 Å². The van der Waals surface area contributed by atoms with Crippen molar-refractivity contribution in [2.75, 3.05) is 5.34 Å². The Morgan fingerprint density at radius 1 is 0.333 bits per heavy atom. The van der Waals surface area contributed by atoms with Gasteiger partial charge in [-0.05, 0) is 73.4 Å². The summed E-state index contributed by atoms with van der Waals surface area (Å²) in [7, 11) is -11.5. The Balaban J connectivity index is 0.000000276. The summed E-state index contributed by atoms with van der Waals surface area (Å²) in [6.07, 6.45) is 14.0. The van der Waals surface area contributed by atoms with E-state index in [0.717, 1.165) is 0 Å². The van der Waals surface area contributed by atoms with Crippen LogP contribution in [0.1, 0.15) is 25.7 Å². The SMILES string of the molecule is C1=CCCC=CCC1.ClCCl.F[P-](F)(F)(F)(F)F.[Rh].c1ccc(P(c2ccccc2)c2ccccc2)cc1.c1ccc(P(c2ccccc2)c2ccccc2)cc1. The van der Waals surface area contributed by atoms with Crippen LogP contribution in [0.4, 0.5) is 25.2 Å². The molecule has 0 amide bonds. The van der Waals surface area contributed by atoms with E-state index in [1.165, 1.54) is 57.5 Å². The molecule has 1 aliphatic carbocycles. The average Bonchev–Trinajstić information content (AvgIpc) is 3.17. The van der Waals surface area contributed by atoms with Gasteiger partial charge in [0.2, 0.25) is 0 Å². The van der Waals surface area contributed by atoms with E-state index in [-0.39, 0.29) is 24.8 Å². The monoisotopic (exact) mass is 964 g/mol. The molecular weight excluding hydrogens is 921 g/mol. The molecule has 0 fully saturated rings. The van der Waals surface area contributed by atoms with Crippen molar-refractivity contribution in [2.24, 2.45) is 0 Å². The van der Waals surface area contributed by atoms with Gasteiger partial charge in [-0.25, -0.2) is 0 Å². The molecule has 57 heavy (non-hydrogen) atoms. The maximum Gasteiger partial charge on any atom is 0 e. The van der Waals surface area contributed by atoms with E-state index in [1.807, 2.05) is 0 Å². The molecule has 0 unspecified atom stereocenters. The van der Waals surface area contributed by atoms with Gasteiger partial charge in [0.1, 0.15) is 0 Å². The molecule has 1 aliphatic rings. The van der Waals surface area contributed by atoms with Crippen molar-refractivity contribution in [1.82, 2.24) is 0 Å². The number of allylic oxidation sites excluding steroid dienone is 4. The Labute approximate surface area is 358 Å². The summed E-state index contributed by atoms with van der Waals surface area (Å²) in [6.45, 7) is 0. The van der Waals surface area contributed by atoms with E-state index >= 15 is 0 Å².